The summed E-state index contributed by atoms with van der Waals surface area (Å²) in [6, 6.07) is 19.1. The highest BCUT2D eigenvalue weighted by atomic mass is 32.2. The maximum atomic E-state index is 11.8. The van der Waals surface area contributed by atoms with Crippen LogP contribution in [0.3, 0.4) is 0 Å². The minimum atomic E-state index is 0.0249. The molecule has 30 heavy (non-hydrogen) atoms. The quantitative estimate of drug-likeness (QED) is 0.280. The Labute approximate surface area is 178 Å². The van der Waals surface area contributed by atoms with Crippen molar-refractivity contribution in [2.24, 2.45) is 0 Å². The first-order valence-electron chi connectivity index (χ1n) is 9.61. The predicted octanol–water partition coefficient (Wildman–Crippen LogP) is 5.42. The Morgan fingerprint density at radius 3 is 2.63 bits per heavy atom. The van der Waals surface area contributed by atoms with Crippen molar-refractivity contribution in [3.63, 3.8) is 0 Å². The van der Waals surface area contributed by atoms with E-state index in [4.69, 9.17) is 9.15 Å². The SMILES string of the molecule is CCOc1ccc(C(C)=O)cc1CSc1nnc(-c2ccco2)n1-c1ccccc1. The molecular weight excluding hydrogens is 398 g/mol. The van der Waals surface area contributed by atoms with E-state index in [2.05, 4.69) is 10.2 Å². The van der Waals surface area contributed by atoms with E-state index in [-0.39, 0.29) is 5.78 Å². The first kappa shape index (κ1) is 20.0. The van der Waals surface area contributed by atoms with Gasteiger partial charge in [0.1, 0.15) is 5.75 Å². The molecule has 0 aliphatic carbocycles. The molecule has 152 valence electrons. The fraction of sp³-hybridized carbons (Fsp3) is 0.174. The van der Waals surface area contributed by atoms with Crippen molar-refractivity contribution >= 4 is 17.5 Å². The highest BCUT2D eigenvalue weighted by Crippen LogP contribution is 2.32. The summed E-state index contributed by atoms with van der Waals surface area (Å²) in [6.45, 7) is 4.06. The zero-order valence-electron chi connectivity index (χ0n) is 16.7. The van der Waals surface area contributed by atoms with Gasteiger partial charge in [-0.05, 0) is 56.3 Å². The molecule has 6 nitrogen and oxygen atoms in total. The van der Waals surface area contributed by atoms with E-state index in [1.165, 1.54) is 11.8 Å². The van der Waals surface area contributed by atoms with Gasteiger partial charge in [-0.2, -0.15) is 0 Å². The lowest BCUT2D eigenvalue weighted by molar-refractivity contribution is 0.101. The fourth-order valence-corrected chi connectivity index (χ4v) is 4.02. The Hall–Kier alpha value is -3.32. The summed E-state index contributed by atoms with van der Waals surface area (Å²) in [5.41, 5.74) is 2.55. The van der Waals surface area contributed by atoms with Crippen LogP contribution in [0.4, 0.5) is 0 Å². The van der Waals surface area contributed by atoms with Crippen molar-refractivity contribution in [1.82, 2.24) is 14.8 Å². The highest BCUT2D eigenvalue weighted by Gasteiger charge is 2.19. The van der Waals surface area contributed by atoms with E-state index in [1.807, 2.05) is 66.1 Å². The van der Waals surface area contributed by atoms with Gasteiger partial charge in [0.15, 0.2) is 16.7 Å². The molecule has 0 unspecified atom stereocenters. The summed E-state index contributed by atoms with van der Waals surface area (Å²) < 4.78 is 13.3. The van der Waals surface area contributed by atoms with Crippen molar-refractivity contribution in [3.8, 4) is 23.0 Å². The van der Waals surface area contributed by atoms with Gasteiger partial charge < -0.3 is 9.15 Å². The van der Waals surface area contributed by atoms with Gasteiger partial charge in [0.2, 0.25) is 5.82 Å². The van der Waals surface area contributed by atoms with Crippen LogP contribution in [-0.4, -0.2) is 27.2 Å². The molecule has 0 saturated carbocycles. The number of ketones is 1. The van der Waals surface area contributed by atoms with Gasteiger partial charge in [-0.25, -0.2) is 0 Å². The number of hydrogen-bond donors (Lipinski definition) is 0. The van der Waals surface area contributed by atoms with Crippen molar-refractivity contribution in [2.75, 3.05) is 6.61 Å². The van der Waals surface area contributed by atoms with E-state index in [0.717, 1.165) is 22.2 Å². The molecule has 0 N–H and O–H groups in total. The van der Waals surface area contributed by atoms with E-state index in [0.29, 0.717) is 29.5 Å². The number of para-hydroxylation sites is 1. The lowest BCUT2D eigenvalue weighted by Crippen LogP contribution is -2.01. The monoisotopic (exact) mass is 419 g/mol. The molecule has 0 saturated heterocycles. The molecule has 0 spiro atoms. The minimum Gasteiger partial charge on any atom is -0.494 e. The number of nitrogens with zero attached hydrogens (tertiary/aromatic N) is 3. The Balaban J connectivity index is 1.69. The lowest BCUT2D eigenvalue weighted by Gasteiger charge is -2.12. The number of aromatic nitrogens is 3. The average Bonchev–Trinajstić information content (AvgIpc) is 3.43. The van der Waals surface area contributed by atoms with Gasteiger partial charge in [0, 0.05) is 22.6 Å². The molecule has 2 heterocycles. The Kier molecular flexibility index (Phi) is 5.99. The summed E-state index contributed by atoms with van der Waals surface area (Å²) >= 11 is 1.53. The molecule has 7 heteroatoms. The fourth-order valence-electron chi connectivity index (χ4n) is 3.09. The first-order valence-corrected chi connectivity index (χ1v) is 10.6. The van der Waals surface area contributed by atoms with Crippen LogP contribution >= 0.6 is 11.8 Å². The second kappa shape index (κ2) is 9.00. The molecule has 4 rings (SSSR count). The highest BCUT2D eigenvalue weighted by molar-refractivity contribution is 7.98. The zero-order valence-corrected chi connectivity index (χ0v) is 17.6. The summed E-state index contributed by atoms with van der Waals surface area (Å²) in [7, 11) is 0. The zero-order chi connectivity index (χ0) is 20.9. The maximum absolute atomic E-state index is 11.8. The molecule has 0 aliphatic rings. The van der Waals surface area contributed by atoms with Crippen LogP contribution in [0.5, 0.6) is 5.75 Å². The normalized spacial score (nSPS) is 10.9. The first-order chi connectivity index (χ1) is 14.7. The van der Waals surface area contributed by atoms with E-state index >= 15 is 0 Å². The van der Waals surface area contributed by atoms with Gasteiger partial charge >= 0.3 is 0 Å². The number of carbonyl (C=O) groups excluding carboxylic acids is 1. The molecule has 4 aromatic rings. The van der Waals surface area contributed by atoms with Crippen LogP contribution in [0.2, 0.25) is 0 Å². The third-order valence-corrected chi connectivity index (χ3v) is 5.49. The maximum Gasteiger partial charge on any atom is 0.205 e. The second-order valence-corrected chi connectivity index (χ2v) is 7.50. The Morgan fingerprint density at radius 2 is 1.93 bits per heavy atom. The average molecular weight is 420 g/mol. The van der Waals surface area contributed by atoms with Gasteiger partial charge in [-0.15, -0.1) is 10.2 Å². The molecule has 0 amide bonds. The third-order valence-electron chi connectivity index (χ3n) is 4.51. The molecule has 2 aromatic heterocycles. The molecule has 2 aromatic carbocycles. The van der Waals surface area contributed by atoms with Crippen LogP contribution in [-0.2, 0) is 5.75 Å². The number of thioether (sulfide) groups is 1. The number of ether oxygens (including phenoxy) is 1. The van der Waals surface area contributed by atoms with E-state index < -0.39 is 0 Å². The number of Topliss-reactive ketones (excluding diaryl/α,β-unsaturated/α-hetero) is 1. The largest absolute Gasteiger partial charge is 0.494 e. The van der Waals surface area contributed by atoms with Crippen LogP contribution in [0.15, 0.2) is 76.5 Å². The van der Waals surface area contributed by atoms with Crippen LogP contribution in [0, 0.1) is 0 Å². The van der Waals surface area contributed by atoms with Gasteiger partial charge in [0.25, 0.3) is 0 Å². The van der Waals surface area contributed by atoms with E-state index in [9.17, 15) is 4.79 Å². The standard InChI is InChI=1S/C23H21N3O3S/c1-3-28-20-12-11-17(16(2)27)14-18(20)15-30-23-25-24-22(21-10-7-13-29-21)26(23)19-8-5-4-6-9-19/h4-14H,3,15H2,1-2H3. The molecule has 0 bridgehead atoms. The Bertz CT molecular complexity index is 1140. The molecule has 0 fully saturated rings. The number of furan rings is 1. The number of benzene rings is 2. The van der Waals surface area contributed by atoms with Crippen molar-refractivity contribution in [2.45, 2.75) is 24.8 Å². The summed E-state index contributed by atoms with van der Waals surface area (Å²) in [5.74, 6) is 2.66. The molecule has 0 aliphatic heterocycles. The second-order valence-electron chi connectivity index (χ2n) is 6.55. The molecule has 0 radical (unpaired) electrons. The smallest absolute Gasteiger partial charge is 0.205 e. The van der Waals surface area contributed by atoms with Gasteiger partial charge in [-0.3, -0.25) is 9.36 Å². The number of carbonyl (C=O) groups is 1. The third kappa shape index (κ3) is 4.16. The van der Waals surface area contributed by atoms with E-state index in [1.54, 1.807) is 19.3 Å². The summed E-state index contributed by atoms with van der Waals surface area (Å²) in [4.78, 5) is 11.8. The topological polar surface area (TPSA) is 70.2 Å². The van der Waals surface area contributed by atoms with Crippen LogP contribution in [0.25, 0.3) is 17.3 Å². The van der Waals surface area contributed by atoms with Crippen molar-refractivity contribution in [1.29, 1.82) is 0 Å². The van der Waals surface area contributed by atoms with Crippen LogP contribution < -0.4 is 4.74 Å². The van der Waals surface area contributed by atoms with Crippen molar-refractivity contribution in [3.05, 3.63) is 78.1 Å². The summed E-state index contributed by atoms with van der Waals surface area (Å²) in [5, 5.41) is 9.50. The van der Waals surface area contributed by atoms with Gasteiger partial charge in [-0.1, -0.05) is 30.0 Å². The summed E-state index contributed by atoms with van der Waals surface area (Å²) in [6.07, 6.45) is 1.62. The van der Waals surface area contributed by atoms with Crippen molar-refractivity contribution < 1.29 is 13.9 Å². The molecular formula is C23H21N3O3S. The Morgan fingerprint density at radius 1 is 1.10 bits per heavy atom. The van der Waals surface area contributed by atoms with Gasteiger partial charge in [0.05, 0.1) is 12.9 Å². The number of hydrogen-bond acceptors (Lipinski definition) is 6. The predicted molar refractivity (Wildman–Crippen MR) is 116 cm³/mol. The van der Waals surface area contributed by atoms with Crippen LogP contribution in [0.1, 0.15) is 29.8 Å². The minimum absolute atomic E-state index is 0.0249. The lowest BCUT2D eigenvalue weighted by atomic mass is 10.1. The number of rotatable bonds is 8. The molecule has 0 atom stereocenters.